The molecule has 0 aliphatic carbocycles. The molecule has 0 aliphatic rings. The summed E-state index contributed by atoms with van der Waals surface area (Å²) in [6.07, 6.45) is 1.31. The van der Waals surface area contributed by atoms with Gasteiger partial charge in [-0.15, -0.1) is 6.58 Å². The maximum absolute atomic E-state index is 13.4. The average molecular weight is 606 g/mol. The van der Waals surface area contributed by atoms with Crippen LogP contribution in [0.3, 0.4) is 0 Å². The van der Waals surface area contributed by atoms with Crippen LogP contribution in [0.25, 0.3) is 22.4 Å². The van der Waals surface area contributed by atoms with E-state index in [0.717, 1.165) is 33.7 Å². The number of amides is 2. The number of ether oxygens (including phenoxy) is 1. The molecule has 1 heterocycles. The van der Waals surface area contributed by atoms with Gasteiger partial charge in [0.15, 0.2) is 9.84 Å². The normalized spacial score (nSPS) is 11.0. The third-order valence-electron chi connectivity index (χ3n) is 7.01. The highest BCUT2D eigenvalue weighted by atomic mass is 32.2. The van der Waals surface area contributed by atoms with Crippen LogP contribution in [0.1, 0.15) is 26.4 Å². The van der Waals surface area contributed by atoms with Crippen molar-refractivity contribution in [2.45, 2.75) is 11.4 Å². The van der Waals surface area contributed by atoms with Crippen molar-refractivity contribution in [3.63, 3.8) is 0 Å². The van der Waals surface area contributed by atoms with E-state index in [9.17, 15) is 18.0 Å². The van der Waals surface area contributed by atoms with Gasteiger partial charge in [-0.1, -0.05) is 72.8 Å². The summed E-state index contributed by atoms with van der Waals surface area (Å²) < 4.78 is 30.4. The minimum Gasteiger partial charge on any atom is -0.497 e. The topological polar surface area (TPSA) is 117 Å². The molecule has 0 radical (unpaired) electrons. The van der Waals surface area contributed by atoms with E-state index in [-0.39, 0.29) is 28.8 Å². The molecule has 0 spiro atoms. The molecule has 3 N–H and O–H groups in total. The monoisotopic (exact) mass is 605 g/mol. The number of carbonyl (C=O) groups is 2. The SMILES string of the molecule is C=CCS(=O)(=O)c1ccccc1NC(=O)c1ccc(CNC(=O)c2[nH]c(-c3ccccc3)cc2-c2ccc(OC)cc2)cc1. The Balaban J connectivity index is 1.30. The van der Waals surface area contributed by atoms with Crippen LogP contribution >= 0.6 is 0 Å². The molecule has 5 aromatic rings. The first-order chi connectivity index (χ1) is 21.3. The van der Waals surface area contributed by atoms with Gasteiger partial charge in [0.25, 0.3) is 11.8 Å². The number of aromatic amines is 1. The molecule has 0 fully saturated rings. The van der Waals surface area contributed by atoms with Crippen molar-refractivity contribution in [1.82, 2.24) is 10.3 Å². The Morgan fingerprint density at radius 3 is 2.20 bits per heavy atom. The van der Waals surface area contributed by atoms with E-state index in [1.807, 2.05) is 60.7 Å². The van der Waals surface area contributed by atoms with Crippen LogP contribution in [0.15, 0.2) is 127 Å². The number of sulfone groups is 1. The van der Waals surface area contributed by atoms with Crippen molar-refractivity contribution in [3.05, 3.63) is 139 Å². The van der Waals surface area contributed by atoms with Gasteiger partial charge in [-0.3, -0.25) is 9.59 Å². The molecule has 9 heteroatoms. The van der Waals surface area contributed by atoms with Crippen LogP contribution < -0.4 is 15.4 Å². The Morgan fingerprint density at radius 2 is 1.52 bits per heavy atom. The zero-order chi connectivity index (χ0) is 31.1. The molecule has 5 rings (SSSR count). The Hall–Kier alpha value is -5.41. The summed E-state index contributed by atoms with van der Waals surface area (Å²) in [4.78, 5) is 29.7. The van der Waals surface area contributed by atoms with Gasteiger partial charge < -0.3 is 20.4 Å². The van der Waals surface area contributed by atoms with Crippen LogP contribution in [0.2, 0.25) is 0 Å². The first kappa shape index (κ1) is 30.1. The van der Waals surface area contributed by atoms with Gasteiger partial charge in [-0.05, 0) is 59.2 Å². The number of nitrogens with one attached hydrogen (secondary N) is 3. The number of rotatable bonds is 11. The number of H-pyrrole nitrogens is 1. The van der Waals surface area contributed by atoms with Crippen LogP contribution in [-0.2, 0) is 16.4 Å². The fourth-order valence-corrected chi connectivity index (χ4v) is 5.96. The Labute approximate surface area is 256 Å². The molecular weight excluding hydrogens is 574 g/mol. The van der Waals surface area contributed by atoms with Gasteiger partial charge >= 0.3 is 0 Å². The Kier molecular flexibility index (Phi) is 9.06. The molecule has 0 atom stereocenters. The summed E-state index contributed by atoms with van der Waals surface area (Å²) in [5.74, 6) is -0.251. The van der Waals surface area contributed by atoms with Crippen LogP contribution in [0.5, 0.6) is 5.75 Å². The Morgan fingerprint density at radius 1 is 0.841 bits per heavy atom. The fourth-order valence-electron chi connectivity index (χ4n) is 4.73. The molecule has 0 saturated carbocycles. The molecule has 0 aliphatic heterocycles. The number of methoxy groups -OCH3 is 1. The van der Waals surface area contributed by atoms with Gasteiger partial charge in [0.05, 0.1) is 23.4 Å². The largest absolute Gasteiger partial charge is 0.497 e. The summed E-state index contributed by atoms with van der Waals surface area (Å²) in [5.41, 5.74) is 5.14. The van der Waals surface area contributed by atoms with Gasteiger partial charge in [-0.2, -0.15) is 0 Å². The summed E-state index contributed by atoms with van der Waals surface area (Å²) >= 11 is 0. The summed E-state index contributed by atoms with van der Waals surface area (Å²) in [6.45, 7) is 3.73. The smallest absolute Gasteiger partial charge is 0.268 e. The number of hydrogen-bond acceptors (Lipinski definition) is 5. The van der Waals surface area contributed by atoms with Gasteiger partial charge in [0, 0.05) is 23.4 Å². The molecule has 8 nitrogen and oxygen atoms in total. The maximum Gasteiger partial charge on any atom is 0.268 e. The van der Waals surface area contributed by atoms with Gasteiger partial charge in [0.1, 0.15) is 11.4 Å². The van der Waals surface area contributed by atoms with Crippen molar-refractivity contribution < 1.29 is 22.7 Å². The molecular formula is C35H31N3O5S. The molecule has 0 bridgehead atoms. The molecule has 222 valence electrons. The second-order valence-electron chi connectivity index (χ2n) is 9.97. The van der Waals surface area contributed by atoms with E-state index in [2.05, 4.69) is 22.2 Å². The van der Waals surface area contributed by atoms with Gasteiger partial charge in [0.2, 0.25) is 0 Å². The lowest BCUT2D eigenvalue weighted by Crippen LogP contribution is -2.23. The van der Waals surface area contributed by atoms with E-state index in [1.165, 1.54) is 12.1 Å². The predicted molar refractivity (Wildman–Crippen MR) is 172 cm³/mol. The lowest BCUT2D eigenvalue weighted by molar-refractivity contribution is 0.0946. The Bertz CT molecular complexity index is 1900. The second-order valence-corrected chi connectivity index (χ2v) is 12.0. The van der Waals surface area contributed by atoms with Crippen LogP contribution in [0, 0.1) is 0 Å². The van der Waals surface area contributed by atoms with E-state index in [0.29, 0.717) is 11.3 Å². The first-order valence-electron chi connectivity index (χ1n) is 13.8. The van der Waals surface area contributed by atoms with Crippen LogP contribution in [0.4, 0.5) is 5.69 Å². The number of anilines is 1. The minimum absolute atomic E-state index is 0.0290. The molecule has 1 aromatic heterocycles. The molecule has 0 unspecified atom stereocenters. The molecule has 0 saturated heterocycles. The highest BCUT2D eigenvalue weighted by Crippen LogP contribution is 2.31. The number of para-hydroxylation sites is 1. The van der Waals surface area contributed by atoms with E-state index in [4.69, 9.17) is 4.74 Å². The van der Waals surface area contributed by atoms with Crippen molar-refractivity contribution in [2.24, 2.45) is 0 Å². The molecule has 44 heavy (non-hydrogen) atoms. The third-order valence-corrected chi connectivity index (χ3v) is 8.71. The second kappa shape index (κ2) is 13.3. The zero-order valence-corrected chi connectivity index (χ0v) is 24.9. The number of hydrogen-bond donors (Lipinski definition) is 3. The average Bonchev–Trinajstić information content (AvgIpc) is 3.50. The summed E-state index contributed by atoms with van der Waals surface area (Å²) in [6, 6.07) is 32.2. The number of aromatic nitrogens is 1. The zero-order valence-electron chi connectivity index (χ0n) is 24.0. The number of benzene rings is 4. The predicted octanol–water partition coefficient (Wildman–Crippen LogP) is 6.50. The van der Waals surface area contributed by atoms with E-state index in [1.54, 1.807) is 49.6 Å². The van der Waals surface area contributed by atoms with Crippen molar-refractivity contribution in [3.8, 4) is 28.1 Å². The van der Waals surface area contributed by atoms with Gasteiger partial charge in [-0.25, -0.2) is 8.42 Å². The number of carbonyl (C=O) groups excluding carboxylic acids is 2. The first-order valence-corrected chi connectivity index (χ1v) is 15.5. The molecule has 4 aromatic carbocycles. The van der Waals surface area contributed by atoms with Crippen molar-refractivity contribution >= 4 is 27.3 Å². The summed E-state index contributed by atoms with van der Waals surface area (Å²) in [5, 5.41) is 5.66. The highest BCUT2D eigenvalue weighted by Gasteiger charge is 2.20. The van der Waals surface area contributed by atoms with E-state index >= 15 is 0 Å². The standard InChI is InChI=1S/C35H31N3O5S/c1-3-21-44(41,42)32-12-8-7-11-30(32)38-34(39)27-15-13-24(14-16-27)23-36-35(40)33-29(25-17-19-28(43-2)20-18-25)22-31(37-33)26-9-5-4-6-10-26/h3-20,22,37H,1,21,23H2,2H3,(H,36,40)(H,38,39). The van der Waals surface area contributed by atoms with E-state index < -0.39 is 15.7 Å². The maximum atomic E-state index is 13.4. The quantitative estimate of drug-likeness (QED) is 0.149. The van der Waals surface area contributed by atoms with Crippen LogP contribution in [-0.4, -0.2) is 38.1 Å². The lowest BCUT2D eigenvalue weighted by atomic mass is 10.0. The van der Waals surface area contributed by atoms with Crippen molar-refractivity contribution in [2.75, 3.05) is 18.2 Å². The third kappa shape index (κ3) is 6.79. The van der Waals surface area contributed by atoms with Crippen molar-refractivity contribution in [1.29, 1.82) is 0 Å². The molecule has 2 amide bonds. The minimum atomic E-state index is -3.63. The summed E-state index contributed by atoms with van der Waals surface area (Å²) in [7, 11) is -2.03. The lowest BCUT2D eigenvalue weighted by Gasteiger charge is -2.11. The highest BCUT2D eigenvalue weighted by molar-refractivity contribution is 7.91. The fraction of sp³-hybridized carbons (Fsp3) is 0.0857.